The molecule has 3 nitrogen and oxygen atoms in total. The predicted octanol–water partition coefficient (Wildman–Crippen LogP) is 2.08. The molecule has 0 bridgehead atoms. The molecule has 1 aromatic heterocycles. The molecule has 6 heteroatoms. The minimum atomic E-state index is -1.49. The molecule has 18 heavy (non-hydrogen) atoms. The molecule has 1 unspecified atom stereocenters. The van der Waals surface area contributed by atoms with E-state index in [2.05, 4.69) is 5.10 Å². The van der Waals surface area contributed by atoms with Crippen molar-refractivity contribution in [2.45, 2.75) is 12.5 Å². The molecule has 1 atom stereocenters. The van der Waals surface area contributed by atoms with Crippen molar-refractivity contribution in [3.63, 3.8) is 0 Å². The van der Waals surface area contributed by atoms with Gasteiger partial charge in [-0.1, -0.05) is 6.07 Å². The SMILES string of the molecule is Cn1cc(CC(N)c2ccc(F)c(F)c2F)cn1. The number of halogens is 3. The van der Waals surface area contributed by atoms with E-state index in [1.807, 2.05) is 0 Å². The second-order valence-electron chi connectivity index (χ2n) is 4.10. The van der Waals surface area contributed by atoms with Gasteiger partial charge in [0.2, 0.25) is 0 Å². The minimum absolute atomic E-state index is 0.0437. The maximum Gasteiger partial charge on any atom is 0.194 e. The Morgan fingerprint density at radius 3 is 2.61 bits per heavy atom. The largest absolute Gasteiger partial charge is 0.324 e. The van der Waals surface area contributed by atoms with Gasteiger partial charge in [0.25, 0.3) is 0 Å². The van der Waals surface area contributed by atoms with E-state index in [0.717, 1.165) is 17.7 Å². The Kier molecular flexibility index (Phi) is 3.38. The van der Waals surface area contributed by atoms with E-state index >= 15 is 0 Å². The summed E-state index contributed by atoms with van der Waals surface area (Å²) in [5, 5.41) is 3.95. The van der Waals surface area contributed by atoms with Gasteiger partial charge in [-0.2, -0.15) is 5.10 Å². The average molecular weight is 255 g/mol. The molecule has 1 heterocycles. The highest BCUT2D eigenvalue weighted by Crippen LogP contribution is 2.22. The van der Waals surface area contributed by atoms with Crippen molar-refractivity contribution in [1.82, 2.24) is 9.78 Å². The van der Waals surface area contributed by atoms with E-state index in [-0.39, 0.29) is 5.56 Å². The molecule has 96 valence electrons. The van der Waals surface area contributed by atoms with Gasteiger partial charge in [0.05, 0.1) is 6.20 Å². The number of hydrogen-bond acceptors (Lipinski definition) is 2. The summed E-state index contributed by atoms with van der Waals surface area (Å²) in [7, 11) is 1.74. The third-order valence-corrected chi connectivity index (χ3v) is 2.68. The zero-order chi connectivity index (χ0) is 13.3. The molecule has 0 spiro atoms. The van der Waals surface area contributed by atoms with Crippen LogP contribution in [-0.2, 0) is 13.5 Å². The van der Waals surface area contributed by atoms with Crippen molar-refractivity contribution in [3.05, 3.63) is 53.1 Å². The van der Waals surface area contributed by atoms with Crippen LogP contribution in [0.25, 0.3) is 0 Å². The zero-order valence-corrected chi connectivity index (χ0v) is 9.70. The van der Waals surface area contributed by atoms with E-state index in [4.69, 9.17) is 5.73 Å². The average Bonchev–Trinajstić information content (AvgIpc) is 2.71. The van der Waals surface area contributed by atoms with Crippen molar-refractivity contribution in [3.8, 4) is 0 Å². The summed E-state index contributed by atoms with van der Waals surface area (Å²) in [5.41, 5.74) is 6.55. The van der Waals surface area contributed by atoms with Crippen LogP contribution < -0.4 is 5.73 Å². The van der Waals surface area contributed by atoms with Crippen molar-refractivity contribution in [2.75, 3.05) is 0 Å². The van der Waals surface area contributed by atoms with Crippen LogP contribution >= 0.6 is 0 Å². The molecule has 1 aromatic carbocycles. The van der Waals surface area contributed by atoms with Crippen molar-refractivity contribution in [1.29, 1.82) is 0 Å². The first-order valence-electron chi connectivity index (χ1n) is 5.35. The molecular formula is C12H12F3N3. The Morgan fingerprint density at radius 2 is 2.00 bits per heavy atom. The van der Waals surface area contributed by atoms with Crippen LogP contribution in [0.2, 0.25) is 0 Å². The predicted molar refractivity (Wildman–Crippen MR) is 60.2 cm³/mol. The zero-order valence-electron chi connectivity index (χ0n) is 9.70. The van der Waals surface area contributed by atoms with Crippen LogP contribution in [0.3, 0.4) is 0 Å². The number of benzene rings is 1. The van der Waals surface area contributed by atoms with E-state index in [1.165, 1.54) is 0 Å². The lowest BCUT2D eigenvalue weighted by atomic mass is 10.0. The molecule has 0 saturated carbocycles. The lowest BCUT2D eigenvalue weighted by molar-refractivity contribution is 0.435. The number of aryl methyl sites for hydroxylation is 1. The second-order valence-corrected chi connectivity index (χ2v) is 4.10. The molecule has 0 fully saturated rings. The van der Waals surface area contributed by atoms with Gasteiger partial charge in [0, 0.05) is 24.8 Å². The summed E-state index contributed by atoms with van der Waals surface area (Å²) in [5.74, 6) is -3.94. The van der Waals surface area contributed by atoms with Crippen LogP contribution in [0.1, 0.15) is 17.2 Å². The fourth-order valence-corrected chi connectivity index (χ4v) is 1.77. The highest BCUT2D eigenvalue weighted by molar-refractivity contribution is 5.25. The standard InChI is InChI=1S/C12H12F3N3/c1-18-6-7(5-17-18)4-10(16)8-2-3-9(13)12(15)11(8)14/h2-3,5-6,10H,4,16H2,1H3. The van der Waals surface area contributed by atoms with Gasteiger partial charge in [0.1, 0.15) is 0 Å². The van der Waals surface area contributed by atoms with E-state index in [1.54, 1.807) is 24.1 Å². The number of nitrogens with zero attached hydrogens (tertiary/aromatic N) is 2. The van der Waals surface area contributed by atoms with E-state index in [0.29, 0.717) is 6.42 Å². The smallest absolute Gasteiger partial charge is 0.194 e. The van der Waals surface area contributed by atoms with Crippen LogP contribution in [-0.4, -0.2) is 9.78 Å². The number of rotatable bonds is 3. The number of nitrogens with two attached hydrogens (primary N) is 1. The van der Waals surface area contributed by atoms with E-state index in [9.17, 15) is 13.2 Å². The van der Waals surface area contributed by atoms with Crippen molar-refractivity contribution in [2.24, 2.45) is 12.8 Å². The fraction of sp³-hybridized carbons (Fsp3) is 0.250. The van der Waals surface area contributed by atoms with Crippen LogP contribution in [0, 0.1) is 17.5 Å². The normalized spacial score (nSPS) is 12.7. The van der Waals surface area contributed by atoms with Gasteiger partial charge >= 0.3 is 0 Å². The lowest BCUT2D eigenvalue weighted by Crippen LogP contribution is -2.16. The minimum Gasteiger partial charge on any atom is -0.324 e. The highest BCUT2D eigenvalue weighted by Gasteiger charge is 2.18. The van der Waals surface area contributed by atoms with Crippen LogP contribution in [0.5, 0.6) is 0 Å². The highest BCUT2D eigenvalue weighted by atomic mass is 19.2. The Labute approximate surface area is 102 Å². The summed E-state index contributed by atoms with van der Waals surface area (Å²) in [6, 6.07) is 1.29. The second kappa shape index (κ2) is 4.81. The molecule has 0 saturated heterocycles. The number of aromatic nitrogens is 2. The van der Waals surface area contributed by atoms with Gasteiger partial charge in [-0.15, -0.1) is 0 Å². The molecule has 0 aliphatic carbocycles. The van der Waals surface area contributed by atoms with Gasteiger partial charge in [0.15, 0.2) is 17.5 Å². The molecule has 0 aliphatic rings. The first kappa shape index (κ1) is 12.6. The van der Waals surface area contributed by atoms with Gasteiger partial charge in [-0.05, 0) is 18.1 Å². The topological polar surface area (TPSA) is 43.8 Å². The monoisotopic (exact) mass is 255 g/mol. The van der Waals surface area contributed by atoms with Crippen LogP contribution in [0.15, 0.2) is 24.5 Å². The summed E-state index contributed by atoms with van der Waals surface area (Å²) >= 11 is 0. The van der Waals surface area contributed by atoms with E-state index < -0.39 is 23.5 Å². The maximum absolute atomic E-state index is 13.5. The summed E-state index contributed by atoms with van der Waals surface area (Å²) in [4.78, 5) is 0. The molecule has 0 radical (unpaired) electrons. The molecule has 0 amide bonds. The first-order chi connectivity index (χ1) is 8.49. The molecular weight excluding hydrogens is 243 g/mol. The first-order valence-corrected chi connectivity index (χ1v) is 5.35. The van der Waals surface area contributed by atoms with Gasteiger partial charge < -0.3 is 5.73 Å². The van der Waals surface area contributed by atoms with Gasteiger partial charge in [-0.3, -0.25) is 4.68 Å². The Morgan fingerprint density at radius 1 is 1.28 bits per heavy atom. The third kappa shape index (κ3) is 2.38. The third-order valence-electron chi connectivity index (χ3n) is 2.68. The Hall–Kier alpha value is -1.82. The van der Waals surface area contributed by atoms with Crippen LogP contribution in [0.4, 0.5) is 13.2 Å². The molecule has 2 aromatic rings. The summed E-state index contributed by atoms with van der Waals surface area (Å²) in [6.07, 6.45) is 3.63. The molecule has 2 N–H and O–H groups in total. The lowest BCUT2D eigenvalue weighted by Gasteiger charge is -2.12. The van der Waals surface area contributed by atoms with Crippen molar-refractivity contribution < 1.29 is 13.2 Å². The Balaban J connectivity index is 2.24. The number of hydrogen-bond donors (Lipinski definition) is 1. The fourth-order valence-electron chi connectivity index (χ4n) is 1.77. The quantitative estimate of drug-likeness (QED) is 0.853. The maximum atomic E-state index is 13.5. The summed E-state index contributed by atoms with van der Waals surface area (Å²) < 4.78 is 40.9. The van der Waals surface area contributed by atoms with Gasteiger partial charge in [-0.25, -0.2) is 13.2 Å². The van der Waals surface area contributed by atoms with Crippen molar-refractivity contribution >= 4 is 0 Å². The summed E-state index contributed by atoms with van der Waals surface area (Å²) in [6.45, 7) is 0. The Bertz CT molecular complexity index is 566. The molecule has 0 aliphatic heterocycles. The molecule has 2 rings (SSSR count).